The van der Waals surface area contributed by atoms with Crippen LogP contribution in [0.15, 0.2) is 72.0 Å². The SMILES string of the molecule is O=C(N/N=C/c1cccc2cccnc12)c1ccccc1. The molecular formula is C17H13N3O. The summed E-state index contributed by atoms with van der Waals surface area (Å²) in [5.74, 6) is -0.236. The summed E-state index contributed by atoms with van der Waals surface area (Å²) in [7, 11) is 0. The van der Waals surface area contributed by atoms with Gasteiger partial charge in [0.05, 0.1) is 11.7 Å². The molecule has 0 fully saturated rings. The second-order valence-electron chi connectivity index (χ2n) is 4.49. The number of nitrogens with zero attached hydrogens (tertiary/aromatic N) is 2. The number of carbonyl (C=O) groups is 1. The molecule has 4 nitrogen and oxygen atoms in total. The Hall–Kier alpha value is -3.01. The van der Waals surface area contributed by atoms with Crippen molar-refractivity contribution in [3.63, 3.8) is 0 Å². The largest absolute Gasteiger partial charge is 0.271 e. The Morgan fingerprint density at radius 2 is 1.81 bits per heavy atom. The third-order valence-electron chi connectivity index (χ3n) is 3.07. The molecule has 1 heterocycles. The number of rotatable bonds is 3. The number of pyridine rings is 1. The van der Waals surface area contributed by atoms with E-state index in [2.05, 4.69) is 15.5 Å². The molecule has 0 aliphatic carbocycles. The fourth-order valence-electron chi connectivity index (χ4n) is 2.05. The van der Waals surface area contributed by atoms with Crippen molar-refractivity contribution in [1.29, 1.82) is 0 Å². The summed E-state index contributed by atoms with van der Waals surface area (Å²) in [6.45, 7) is 0. The van der Waals surface area contributed by atoms with Crippen LogP contribution in [0.5, 0.6) is 0 Å². The lowest BCUT2D eigenvalue weighted by Gasteiger charge is -2.01. The van der Waals surface area contributed by atoms with E-state index >= 15 is 0 Å². The Morgan fingerprint density at radius 3 is 2.67 bits per heavy atom. The van der Waals surface area contributed by atoms with Crippen LogP contribution in [0.1, 0.15) is 15.9 Å². The summed E-state index contributed by atoms with van der Waals surface area (Å²) >= 11 is 0. The third-order valence-corrected chi connectivity index (χ3v) is 3.07. The number of aromatic nitrogens is 1. The van der Waals surface area contributed by atoms with E-state index in [0.29, 0.717) is 5.56 Å². The average molecular weight is 275 g/mol. The summed E-state index contributed by atoms with van der Waals surface area (Å²) < 4.78 is 0. The van der Waals surface area contributed by atoms with Gasteiger partial charge >= 0.3 is 0 Å². The molecule has 1 N–H and O–H groups in total. The maximum Gasteiger partial charge on any atom is 0.271 e. The number of fused-ring (bicyclic) bond motifs is 1. The zero-order chi connectivity index (χ0) is 14.5. The lowest BCUT2D eigenvalue weighted by molar-refractivity contribution is 0.0955. The Kier molecular flexibility index (Phi) is 3.69. The highest BCUT2D eigenvalue weighted by molar-refractivity contribution is 5.98. The maximum atomic E-state index is 11.9. The Labute approximate surface area is 122 Å². The maximum absolute atomic E-state index is 11.9. The molecule has 0 spiro atoms. The minimum atomic E-state index is -0.236. The van der Waals surface area contributed by atoms with Crippen LogP contribution < -0.4 is 5.43 Å². The molecule has 0 saturated carbocycles. The molecule has 1 aromatic heterocycles. The van der Waals surface area contributed by atoms with Crippen LogP contribution in [0.3, 0.4) is 0 Å². The summed E-state index contributed by atoms with van der Waals surface area (Å²) in [5, 5.41) is 5.04. The van der Waals surface area contributed by atoms with Crippen molar-refractivity contribution in [3.05, 3.63) is 78.0 Å². The Balaban J connectivity index is 1.78. The number of para-hydroxylation sites is 1. The van der Waals surface area contributed by atoms with Crippen LogP contribution in [0.2, 0.25) is 0 Å². The smallest absolute Gasteiger partial charge is 0.267 e. The quantitative estimate of drug-likeness (QED) is 0.590. The minimum Gasteiger partial charge on any atom is -0.267 e. The molecule has 4 heteroatoms. The molecular weight excluding hydrogens is 262 g/mol. The molecule has 1 amide bonds. The first-order valence-electron chi connectivity index (χ1n) is 6.57. The minimum absolute atomic E-state index is 0.236. The second kappa shape index (κ2) is 5.96. The molecule has 102 valence electrons. The van der Waals surface area contributed by atoms with Crippen LogP contribution >= 0.6 is 0 Å². The van der Waals surface area contributed by atoms with Crippen LogP contribution in [0.25, 0.3) is 10.9 Å². The lowest BCUT2D eigenvalue weighted by atomic mass is 10.1. The molecule has 0 aliphatic heterocycles. The van der Waals surface area contributed by atoms with Crippen molar-refractivity contribution in [2.75, 3.05) is 0 Å². The predicted molar refractivity (Wildman–Crippen MR) is 83.2 cm³/mol. The van der Waals surface area contributed by atoms with E-state index in [1.807, 2.05) is 48.5 Å². The monoisotopic (exact) mass is 275 g/mol. The van der Waals surface area contributed by atoms with Gasteiger partial charge in [-0.3, -0.25) is 9.78 Å². The molecule has 0 bridgehead atoms. The first-order chi connectivity index (χ1) is 10.3. The van der Waals surface area contributed by atoms with Crippen molar-refractivity contribution in [1.82, 2.24) is 10.4 Å². The standard InChI is InChI=1S/C17H13N3O/c21-17(14-6-2-1-3-7-14)20-19-12-15-9-4-8-13-10-5-11-18-16(13)15/h1-12H,(H,20,21)/b19-12+. The molecule has 2 aromatic carbocycles. The number of hydrogen-bond acceptors (Lipinski definition) is 3. The van der Waals surface area contributed by atoms with E-state index in [9.17, 15) is 4.79 Å². The zero-order valence-corrected chi connectivity index (χ0v) is 11.2. The normalized spacial score (nSPS) is 10.9. The fourth-order valence-corrected chi connectivity index (χ4v) is 2.05. The third kappa shape index (κ3) is 2.95. The van der Waals surface area contributed by atoms with Gasteiger partial charge in [-0.1, -0.05) is 42.5 Å². The first-order valence-corrected chi connectivity index (χ1v) is 6.57. The predicted octanol–water partition coefficient (Wildman–Crippen LogP) is 3.00. The van der Waals surface area contributed by atoms with Gasteiger partial charge in [0.15, 0.2) is 0 Å². The van der Waals surface area contributed by atoms with Gasteiger partial charge in [-0.05, 0) is 18.2 Å². The Morgan fingerprint density at radius 1 is 1.00 bits per heavy atom. The van der Waals surface area contributed by atoms with Crippen LogP contribution in [-0.4, -0.2) is 17.1 Å². The molecule has 0 saturated heterocycles. The summed E-state index contributed by atoms with van der Waals surface area (Å²) in [5.41, 5.74) is 4.81. The van der Waals surface area contributed by atoms with Gasteiger partial charge < -0.3 is 0 Å². The van der Waals surface area contributed by atoms with Crippen molar-refractivity contribution < 1.29 is 4.79 Å². The highest BCUT2D eigenvalue weighted by atomic mass is 16.2. The van der Waals surface area contributed by atoms with Gasteiger partial charge in [-0.25, -0.2) is 5.43 Å². The number of hydrogen-bond donors (Lipinski definition) is 1. The lowest BCUT2D eigenvalue weighted by Crippen LogP contribution is -2.17. The summed E-state index contributed by atoms with van der Waals surface area (Å²) in [6.07, 6.45) is 3.35. The second-order valence-corrected chi connectivity index (χ2v) is 4.49. The number of amides is 1. The van der Waals surface area contributed by atoms with Crippen LogP contribution in [-0.2, 0) is 0 Å². The fraction of sp³-hybridized carbons (Fsp3) is 0. The number of benzene rings is 2. The topological polar surface area (TPSA) is 54.4 Å². The molecule has 0 unspecified atom stereocenters. The van der Waals surface area contributed by atoms with E-state index in [-0.39, 0.29) is 5.91 Å². The number of hydrazone groups is 1. The van der Waals surface area contributed by atoms with E-state index in [4.69, 9.17) is 0 Å². The molecule has 0 atom stereocenters. The van der Waals surface area contributed by atoms with Gasteiger partial charge in [0.25, 0.3) is 5.91 Å². The highest BCUT2D eigenvalue weighted by Crippen LogP contribution is 2.13. The zero-order valence-electron chi connectivity index (χ0n) is 11.2. The average Bonchev–Trinajstić information content (AvgIpc) is 2.56. The van der Waals surface area contributed by atoms with Gasteiger partial charge in [0.1, 0.15) is 0 Å². The summed E-state index contributed by atoms with van der Waals surface area (Å²) in [6, 6.07) is 18.7. The molecule has 0 aliphatic rings. The van der Waals surface area contributed by atoms with Crippen molar-refractivity contribution >= 4 is 23.0 Å². The van der Waals surface area contributed by atoms with Gasteiger partial charge in [-0.2, -0.15) is 5.10 Å². The van der Waals surface area contributed by atoms with Gasteiger partial charge in [0.2, 0.25) is 0 Å². The van der Waals surface area contributed by atoms with E-state index in [1.165, 1.54) is 0 Å². The van der Waals surface area contributed by atoms with Gasteiger partial charge in [-0.15, -0.1) is 0 Å². The van der Waals surface area contributed by atoms with Crippen molar-refractivity contribution in [3.8, 4) is 0 Å². The number of carbonyl (C=O) groups excluding carboxylic acids is 1. The molecule has 3 rings (SSSR count). The van der Waals surface area contributed by atoms with E-state index in [1.54, 1.807) is 24.5 Å². The van der Waals surface area contributed by atoms with E-state index in [0.717, 1.165) is 16.5 Å². The van der Waals surface area contributed by atoms with Gasteiger partial charge in [0, 0.05) is 22.7 Å². The molecule has 0 radical (unpaired) electrons. The first kappa shape index (κ1) is 13.0. The van der Waals surface area contributed by atoms with Crippen LogP contribution in [0.4, 0.5) is 0 Å². The van der Waals surface area contributed by atoms with E-state index < -0.39 is 0 Å². The summed E-state index contributed by atoms with van der Waals surface area (Å²) in [4.78, 5) is 16.2. The number of nitrogens with one attached hydrogen (secondary N) is 1. The van der Waals surface area contributed by atoms with Crippen molar-refractivity contribution in [2.24, 2.45) is 5.10 Å². The molecule has 3 aromatic rings. The molecule has 21 heavy (non-hydrogen) atoms. The Bertz CT molecular complexity index is 792. The van der Waals surface area contributed by atoms with Crippen LogP contribution in [0, 0.1) is 0 Å². The highest BCUT2D eigenvalue weighted by Gasteiger charge is 2.02. The van der Waals surface area contributed by atoms with Crippen molar-refractivity contribution in [2.45, 2.75) is 0 Å².